The smallest absolute Gasteiger partial charge is 0.211 e. The van der Waals surface area contributed by atoms with Crippen molar-refractivity contribution in [1.29, 1.82) is 0 Å². The van der Waals surface area contributed by atoms with Crippen molar-refractivity contribution >= 4 is 27.3 Å². The van der Waals surface area contributed by atoms with Gasteiger partial charge in [-0.15, -0.1) is 11.3 Å². The summed E-state index contributed by atoms with van der Waals surface area (Å²) in [5.74, 6) is 0.503. The summed E-state index contributed by atoms with van der Waals surface area (Å²) in [5, 5.41) is 5.08. The largest absolute Gasteiger partial charge is 0.370 e. The Morgan fingerprint density at radius 3 is 2.90 bits per heavy atom. The zero-order valence-corrected chi connectivity index (χ0v) is 13.3. The maximum Gasteiger partial charge on any atom is 0.211 e. The molecule has 20 heavy (non-hydrogen) atoms. The topological polar surface area (TPSA) is 96.6 Å². The Morgan fingerprint density at radius 2 is 2.25 bits per heavy atom. The summed E-state index contributed by atoms with van der Waals surface area (Å²) in [7, 11) is -3.10. The molecule has 1 aromatic rings. The summed E-state index contributed by atoms with van der Waals surface area (Å²) in [6.45, 7) is 3.25. The number of nitrogens with zero attached hydrogens (tertiary/aromatic N) is 1. The van der Waals surface area contributed by atoms with E-state index in [-0.39, 0.29) is 5.75 Å². The van der Waals surface area contributed by atoms with Crippen molar-refractivity contribution in [3.8, 4) is 0 Å². The summed E-state index contributed by atoms with van der Waals surface area (Å²) in [5.41, 5.74) is 5.71. The Hall–Kier alpha value is -1.12. The number of sulfonamides is 1. The van der Waals surface area contributed by atoms with Crippen molar-refractivity contribution in [3.63, 3.8) is 0 Å². The Bertz CT molecular complexity index is 498. The van der Waals surface area contributed by atoms with Gasteiger partial charge >= 0.3 is 0 Å². The van der Waals surface area contributed by atoms with Crippen molar-refractivity contribution in [2.45, 2.75) is 19.8 Å². The minimum Gasteiger partial charge on any atom is -0.370 e. The second kappa shape index (κ2) is 8.93. The van der Waals surface area contributed by atoms with Gasteiger partial charge in [-0.1, -0.05) is 6.07 Å². The second-order valence-electron chi connectivity index (χ2n) is 4.17. The number of nitrogens with one attached hydrogen (secondary N) is 2. The minimum atomic E-state index is -3.10. The molecule has 0 atom stereocenters. The summed E-state index contributed by atoms with van der Waals surface area (Å²) < 4.78 is 24.8. The number of aliphatic imine (C=N–C) groups is 1. The standard InChI is InChI=1S/C12H22N4O2S2/c1-2-20(17,18)16-8-4-7-14-12(13)15-9-6-11-5-3-10-19-11/h3,5,10,16H,2,4,6-9H2,1H3,(H3,13,14,15). The highest BCUT2D eigenvalue weighted by molar-refractivity contribution is 7.89. The second-order valence-corrected chi connectivity index (χ2v) is 7.30. The fourth-order valence-corrected chi connectivity index (χ4v) is 2.80. The zero-order chi connectivity index (χ0) is 14.8. The van der Waals surface area contributed by atoms with Crippen molar-refractivity contribution in [1.82, 2.24) is 10.0 Å². The van der Waals surface area contributed by atoms with E-state index < -0.39 is 10.0 Å². The first-order valence-corrected chi connectivity index (χ1v) is 9.10. The van der Waals surface area contributed by atoms with Crippen LogP contribution in [0.2, 0.25) is 0 Å². The molecule has 1 aromatic heterocycles. The summed E-state index contributed by atoms with van der Waals surface area (Å²) in [6.07, 6.45) is 1.55. The number of rotatable bonds is 9. The van der Waals surface area contributed by atoms with Crippen molar-refractivity contribution < 1.29 is 8.42 Å². The summed E-state index contributed by atoms with van der Waals surface area (Å²) in [6, 6.07) is 4.11. The average Bonchev–Trinajstić information content (AvgIpc) is 2.91. The number of thiophene rings is 1. The third-order valence-corrected chi connectivity index (χ3v) is 4.92. The Balaban J connectivity index is 2.09. The van der Waals surface area contributed by atoms with Gasteiger partial charge < -0.3 is 11.1 Å². The number of hydrogen-bond donors (Lipinski definition) is 3. The average molecular weight is 318 g/mol. The molecule has 0 aliphatic carbocycles. The van der Waals surface area contributed by atoms with Crippen molar-refractivity contribution in [2.75, 3.05) is 25.4 Å². The molecule has 0 aliphatic heterocycles. The first-order valence-electron chi connectivity index (χ1n) is 6.57. The molecular weight excluding hydrogens is 296 g/mol. The van der Waals surface area contributed by atoms with Crippen LogP contribution in [-0.2, 0) is 16.4 Å². The summed E-state index contributed by atoms with van der Waals surface area (Å²) >= 11 is 1.72. The van der Waals surface area contributed by atoms with E-state index in [9.17, 15) is 8.42 Å². The van der Waals surface area contributed by atoms with Crippen molar-refractivity contribution in [3.05, 3.63) is 22.4 Å². The molecule has 0 amide bonds. The maximum absolute atomic E-state index is 11.2. The van der Waals surface area contributed by atoms with Gasteiger partial charge in [-0.3, -0.25) is 4.99 Å². The van der Waals surface area contributed by atoms with Gasteiger partial charge in [0.1, 0.15) is 0 Å². The normalized spacial score (nSPS) is 12.6. The van der Waals surface area contributed by atoms with E-state index in [4.69, 9.17) is 5.73 Å². The lowest BCUT2D eigenvalue weighted by Gasteiger charge is -2.05. The van der Waals surface area contributed by atoms with Crippen LogP contribution in [0.3, 0.4) is 0 Å². The molecule has 0 unspecified atom stereocenters. The highest BCUT2D eigenvalue weighted by Gasteiger charge is 2.03. The van der Waals surface area contributed by atoms with Crippen LogP contribution < -0.4 is 15.8 Å². The van der Waals surface area contributed by atoms with Crippen LogP contribution in [0.25, 0.3) is 0 Å². The zero-order valence-electron chi connectivity index (χ0n) is 11.6. The molecule has 0 saturated carbocycles. The van der Waals surface area contributed by atoms with Crippen LogP contribution in [0.15, 0.2) is 22.5 Å². The molecule has 0 bridgehead atoms. The lowest BCUT2D eigenvalue weighted by atomic mass is 10.3. The third-order valence-electron chi connectivity index (χ3n) is 2.58. The van der Waals surface area contributed by atoms with E-state index in [1.165, 1.54) is 4.88 Å². The van der Waals surface area contributed by atoms with Crippen LogP contribution in [0.1, 0.15) is 18.2 Å². The van der Waals surface area contributed by atoms with Crippen LogP contribution in [0.4, 0.5) is 0 Å². The fourth-order valence-electron chi connectivity index (χ4n) is 1.43. The molecule has 0 aromatic carbocycles. The lowest BCUT2D eigenvalue weighted by Crippen LogP contribution is -2.33. The minimum absolute atomic E-state index is 0.0999. The molecule has 0 fully saturated rings. The van der Waals surface area contributed by atoms with E-state index in [0.29, 0.717) is 25.5 Å². The van der Waals surface area contributed by atoms with Gasteiger partial charge in [-0.05, 0) is 31.2 Å². The molecule has 0 aliphatic rings. The fraction of sp³-hybridized carbons (Fsp3) is 0.583. The Morgan fingerprint density at radius 1 is 1.45 bits per heavy atom. The van der Waals surface area contributed by atoms with E-state index in [2.05, 4.69) is 21.1 Å². The Kier molecular flexibility index (Phi) is 7.56. The van der Waals surface area contributed by atoms with Gasteiger partial charge in [0.25, 0.3) is 0 Å². The predicted octanol–water partition coefficient (Wildman–Crippen LogP) is 0.524. The molecule has 8 heteroatoms. The SMILES string of the molecule is CCS(=O)(=O)NCCCN=C(N)NCCc1cccs1. The van der Waals surface area contributed by atoms with Gasteiger partial charge in [0.05, 0.1) is 5.75 Å². The van der Waals surface area contributed by atoms with E-state index in [1.54, 1.807) is 18.3 Å². The van der Waals surface area contributed by atoms with Gasteiger partial charge in [0.2, 0.25) is 10.0 Å². The highest BCUT2D eigenvalue weighted by Crippen LogP contribution is 2.07. The quantitative estimate of drug-likeness (QED) is 0.351. The molecule has 1 rings (SSSR count). The Labute approximate surface area is 124 Å². The van der Waals surface area contributed by atoms with Crippen LogP contribution in [0, 0.1) is 0 Å². The molecule has 0 radical (unpaired) electrons. The van der Waals surface area contributed by atoms with E-state index in [0.717, 1.165) is 13.0 Å². The molecule has 4 N–H and O–H groups in total. The number of guanidine groups is 1. The lowest BCUT2D eigenvalue weighted by molar-refractivity contribution is 0.581. The summed E-state index contributed by atoms with van der Waals surface area (Å²) in [4.78, 5) is 5.45. The van der Waals surface area contributed by atoms with Gasteiger partial charge in [-0.2, -0.15) is 0 Å². The van der Waals surface area contributed by atoms with Gasteiger partial charge in [0.15, 0.2) is 5.96 Å². The molecule has 6 nitrogen and oxygen atoms in total. The number of hydrogen-bond acceptors (Lipinski definition) is 4. The maximum atomic E-state index is 11.2. The third kappa shape index (κ3) is 7.46. The van der Waals surface area contributed by atoms with Crippen LogP contribution >= 0.6 is 11.3 Å². The first kappa shape index (κ1) is 16.9. The predicted molar refractivity (Wildman–Crippen MR) is 84.6 cm³/mol. The number of nitrogens with two attached hydrogens (primary N) is 1. The molecule has 0 saturated heterocycles. The van der Waals surface area contributed by atoms with E-state index in [1.807, 2.05) is 11.4 Å². The molecule has 0 spiro atoms. The van der Waals surface area contributed by atoms with Gasteiger partial charge in [-0.25, -0.2) is 13.1 Å². The van der Waals surface area contributed by atoms with Crippen molar-refractivity contribution in [2.24, 2.45) is 10.7 Å². The van der Waals surface area contributed by atoms with E-state index >= 15 is 0 Å². The monoisotopic (exact) mass is 318 g/mol. The molecule has 1 heterocycles. The highest BCUT2D eigenvalue weighted by atomic mass is 32.2. The van der Waals surface area contributed by atoms with Crippen LogP contribution in [0.5, 0.6) is 0 Å². The molecule has 114 valence electrons. The van der Waals surface area contributed by atoms with Gasteiger partial charge in [0, 0.05) is 24.5 Å². The molecular formula is C12H22N4O2S2. The van der Waals surface area contributed by atoms with Crippen LogP contribution in [-0.4, -0.2) is 39.8 Å². The first-order chi connectivity index (χ1) is 9.53.